The molecule has 0 radical (unpaired) electrons. The maximum Gasteiger partial charge on any atom is 0.268 e. The van der Waals surface area contributed by atoms with Gasteiger partial charge in [-0.25, -0.2) is 4.98 Å². The third-order valence-corrected chi connectivity index (χ3v) is 6.93. The maximum absolute atomic E-state index is 13.3. The largest absolute Gasteiger partial charge is 0.479 e. The summed E-state index contributed by atoms with van der Waals surface area (Å²) in [7, 11) is 0. The van der Waals surface area contributed by atoms with Crippen molar-refractivity contribution in [2.24, 2.45) is 0 Å². The molecule has 2 atom stereocenters. The second-order valence-electron chi connectivity index (χ2n) is 8.42. The van der Waals surface area contributed by atoms with E-state index >= 15 is 0 Å². The molecule has 1 N–H and O–H groups in total. The van der Waals surface area contributed by atoms with Crippen LogP contribution >= 0.6 is 11.3 Å². The molecule has 1 aliphatic heterocycles. The van der Waals surface area contributed by atoms with Crippen LogP contribution < -0.4 is 15.0 Å². The van der Waals surface area contributed by atoms with Crippen molar-refractivity contribution in [2.75, 3.05) is 10.2 Å². The number of nitrogens with zero attached hydrogens (tertiary/aromatic N) is 2. The van der Waals surface area contributed by atoms with Crippen LogP contribution in [0.3, 0.4) is 0 Å². The number of para-hydroxylation sites is 1. The Morgan fingerprint density at radius 1 is 1.24 bits per heavy atom. The Balaban J connectivity index is 1.71. The molecule has 4 rings (SSSR count). The molecule has 33 heavy (non-hydrogen) atoms. The summed E-state index contributed by atoms with van der Waals surface area (Å²) in [5.74, 6) is 0.104. The van der Waals surface area contributed by atoms with Gasteiger partial charge >= 0.3 is 0 Å². The second kappa shape index (κ2) is 8.98. The number of aromatic nitrogens is 1. The number of rotatable bonds is 5. The fourth-order valence-electron chi connectivity index (χ4n) is 4.25. The van der Waals surface area contributed by atoms with E-state index in [1.54, 1.807) is 30.1 Å². The lowest BCUT2D eigenvalue weighted by atomic mass is 10.0. The highest BCUT2D eigenvalue weighted by Crippen LogP contribution is 2.40. The van der Waals surface area contributed by atoms with Gasteiger partial charge in [0, 0.05) is 16.1 Å². The number of carbonyl (C=O) groups is 2. The van der Waals surface area contributed by atoms with E-state index < -0.39 is 12.1 Å². The lowest BCUT2D eigenvalue weighted by Crippen LogP contribution is -2.52. The van der Waals surface area contributed by atoms with Crippen LogP contribution in [0.15, 0.2) is 36.4 Å². The van der Waals surface area contributed by atoms with Gasteiger partial charge in [0.25, 0.3) is 5.91 Å². The minimum absolute atomic E-state index is 0.238. The minimum Gasteiger partial charge on any atom is -0.479 e. The lowest BCUT2D eigenvalue weighted by molar-refractivity contribution is -0.128. The molecule has 7 heteroatoms. The van der Waals surface area contributed by atoms with E-state index in [1.165, 1.54) is 0 Å². The first-order valence-electron chi connectivity index (χ1n) is 11.2. The number of carbonyl (C=O) groups excluding carboxylic acids is 2. The van der Waals surface area contributed by atoms with Crippen LogP contribution in [-0.4, -0.2) is 28.9 Å². The second-order valence-corrected chi connectivity index (χ2v) is 9.82. The Morgan fingerprint density at radius 3 is 2.67 bits per heavy atom. The van der Waals surface area contributed by atoms with Crippen LogP contribution in [0.2, 0.25) is 0 Å². The third kappa shape index (κ3) is 4.25. The molecule has 0 saturated heterocycles. The first-order chi connectivity index (χ1) is 15.7. The Bertz CT molecular complexity index is 1230. The summed E-state index contributed by atoms with van der Waals surface area (Å²) < 4.78 is 5.86. The summed E-state index contributed by atoms with van der Waals surface area (Å²) in [5, 5.41) is 4.05. The maximum atomic E-state index is 13.3. The summed E-state index contributed by atoms with van der Waals surface area (Å²) in [5.41, 5.74) is 5.24. The summed E-state index contributed by atoms with van der Waals surface area (Å²) in [4.78, 5) is 33.9. The summed E-state index contributed by atoms with van der Waals surface area (Å²) in [6.07, 6.45) is 0.129. The van der Waals surface area contributed by atoms with Crippen molar-refractivity contribution in [1.82, 2.24) is 4.98 Å². The van der Waals surface area contributed by atoms with Gasteiger partial charge in [-0.2, -0.15) is 0 Å². The predicted octanol–water partition coefficient (Wildman–Crippen LogP) is 5.44. The molecule has 0 fully saturated rings. The van der Waals surface area contributed by atoms with Crippen LogP contribution in [0.4, 0.5) is 11.4 Å². The molecule has 0 saturated carbocycles. The third-order valence-electron chi connectivity index (χ3n) is 6.04. The monoisotopic (exact) mass is 463 g/mol. The van der Waals surface area contributed by atoms with E-state index in [0.29, 0.717) is 11.4 Å². The Morgan fingerprint density at radius 2 is 2.00 bits per heavy atom. The average Bonchev–Trinajstić information content (AvgIpc) is 3.13. The number of hydrogen-bond donors (Lipinski definition) is 1. The van der Waals surface area contributed by atoms with Crippen molar-refractivity contribution in [1.29, 1.82) is 0 Å². The van der Waals surface area contributed by atoms with E-state index in [-0.39, 0.29) is 11.8 Å². The Hall–Kier alpha value is -3.19. The van der Waals surface area contributed by atoms with Crippen LogP contribution in [-0.2, 0) is 16.0 Å². The molecule has 0 bridgehead atoms. The Kier molecular flexibility index (Phi) is 6.26. The zero-order valence-corrected chi connectivity index (χ0v) is 20.7. The van der Waals surface area contributed by atoms with Crippen LogP contribution in [0, 0.1) is 20.8 Å². The zero-order valence-electron chi connectivity index (χ0n) is 19.9. The topological polar surface area (TPSA) is 71.5 Å². The summed E-state index contributed by atoms with van der Waals surface area (Å²) in [6, 6.07) is 11.0. The molecule has 2 heterocycles. The molecule has 3 aromatic rings. The predicted molar refractivity (Wildman–Crippen MR) is 133 cm³/mol. The first kappa shape index (κ1) is 23.0. The molecule has 2 unspecified atom stereocenters. The number of benzene rings is 2. The normalized spacial score (nSPS) is 16.2. The van der Waals surface area contributed by atoms with Crippen LogP contribution in [0.1, 0.15) is 41.8 Å². The SMILES string of the molecule is CCc1cccc(C)c1NC(=O)C(C)N1C(=O)C(C)Oc2ccc(-c3nc(C)sc3C)cc21. The van der Waals surface area contributed by atoms with Gasteiger partial charge in [0.2, 0.25) is 5.91 Å². The molecular formula is C26H29N3O3S. The van der Waals surface area contributed by atoms with Gasteiger partial charge in [0.05, 0.1) is 16.4 Å². The van der Waals surface area contributed by atoms with E-state index in [0.717, 1.165) is 44.4 Å². The number of fused-ring (bicyclic) bond motifs is 1. The average molecular weight is 464 g/mol. The van der Waals surface area contributed by atoms with Gasteiger partial charge in [0.1, 0.15) is 11.8 Å². The molecule has 2 aromatic carbocycles. The van der Waals surface area contributed by atoms with Crippen molar-refractivity contribution >= 4 is 34.5 Å². The number of nitrogens with one attached hydrogen (secondary N) is 1. The molecule has 1 aliphatic rings. The van der Waals surface area contributed by atoms with Gasteiger partial charge in [-0.15, -0.1) is 11.3 Å². The molecule has 2 amide bonds. The number of amides is 2. The molecule has 0 spiro atoms. The fraction of sp³-hybridized carbons (Fsp3) is 0.346. The highest BCUT2D eigenvalue weighted by Gasteiger charge is 2.37. The molecule has 1 aromatic heterocycles. The van der Waals surface area contributed by atoms with Crippen molar-refractivity contribution in [3.8, 4) is 17.0 Å². The number of thiazole rings is 1. The smallest absolute Gasteiger partial charge is 0.268 e. The first-order valence-corrected chi connectivity index (χ1v) is 12.0. The van der Waals surface area contributed by atoms with Crippen molar-refractivity contribution in [3.05, 3.63) is 57.4 Å². The highest BCUT2D eigenvalue weighted by atomic mass is 32.1. The van der Waals surface area contributed by atoms with Gasteiger partial charge < -0.3 is 10.1 Å². The van der Waals surface area contributed by atoms with E-state index in [1.807, 2.05) is 57.2 Å². The molecule has 6 nitrogen and oxygen atoms in total. The molecule has 0 aliphatic carbocycles. The highest BCUT2D eigenvalue weighted by molar-refractivity contribution is 7.11. The van der Waals surface area contributed by atoms with Crippen LogP contribution in [0.25, 0.3) is 11.3 Å². The van der Waals surface area contributed by atoms with Gasteiger partial charge in [0.15, 0.2) is 6.10 Å². The minimum atomic E-state index is -0.722. The van der Waals surface area contributed by atoms with E-state index in [4.69, 9.17) is 4.74 Å². The number of anilines is 2. The lowest BCUT2D eigenvalue weighted by Gasteiger charge is -2.36. The summed E-state index contributed by atoms with van der Waals surface area (Å²) >= 11 is 1.63. The van der Waals surface area contributed by atoms with Gasteiger partial charge in [-0.1, -0.05) is 25.1 Å². The number of aryl methyl sites for hydroxylation is 4. The van der Waals surface area contributed by atoms with Crippen molar-refractivity contribution < 1.29 is 14.3 Å². The van der Waals surface area contributed by atoms with Gasteiger partial charge in [-0.3, -0.25) is 14.5 Å². The molecule has 172 valence electrons. The standard InChI is InChI=1S/C26H29N3O3S/c1-7-19-10-8-9-14(2)23(19)28-25(30)15(3)29-21-13-20(24-17(5)33-18(6)27-24)11-12-22(21)32-16(4)26(29)31/h8-13,15-16H,7H2,1-6H3,(H,28,30). The quantitative estimate of drug-likeness (QED) is 0.547. The van der Waals surface area contributed by atoms with Gasteiger partial charge in [-0.05, 0) is 70.4 Å². The van der Waals surface area contributed by atoms with Crippen molar-refractivity contribution in [2.45, 2.75) is 60.1 Å². The van der Waals surface area contributed by atoms with E-state index in [9.17, 15) is 9.59 Å². The number of ether oxygens (including phenoxy) is 1. The van der Waals surface area contributed by atoms with Crippen molar-refractivity contribution in [3.63, 3.8) is 0 Å². The van der Waals surface area contributed by atoms with Crippen LogP contribution in [0.5, 0.6) is 5.75 Å². The Labute approximate surface area is 198 Å². The fourth-order valence-corrected chi connectivity index (χ4v) is 5.09. The number of hydrogen-bond acceptors (Lipinski definition) is 5. The van der Waals surface area contributed by atoms with E-state index in [2.05, 4.69) is 17.2 Å². The molecular weight excluding hydrogens is 434 g/mol. The summed E-state index contributed by atoms with van der Waals surface area (Å²) in [6.45, 7) is 11.5. The zero-order chi connectivity index (χ0) is 23.9.